The maximum absolute atomic E-state index is 12.8. The van der Waals surface area contributed by atoms with Crippen LogP contribution in [0.1, 0.15) is 34.9 Å². The molecule has 0 aliphatic heterocycles. The molecule has 182 valence electrons. The molecular formula is C24H20F3N3O5. The van der Waals surface area contributed by atoms with Gasteiger partial charge in [-0.15, -0.1) is 0 Å². The Kier molecular flexibility index (Phi) is 5.62. The summed E-state index contributed by atoms with van der Waals surface area (Å²) in [4.78, 5) is 29.1. The second-order valence-corrected chi connectivity index (χ2v) is 8.43. The molecule has 1 N–H and O–H groups in total. The third-order valence-electron chi connectivity index (χ3n) is 5.99. The van der Waals surface area contributed by atoms with E-state index < -0.39 is 23.2 Å². The lowest BCUT2D eigenvalue weighted by molar-refractivity contribution is -0.137. The molecule has 11 heteroatoms. The Bertz CT molecular complexity index is 1450. The van der Waals surface area contributed by atoms with E-state index >= 15 is 0 Å². The van der Waals surface area contributed by atoms with Crippen molar-refractivity contribution in [2.45, 2.75) is 38.6 Å². The van der Waals surface area contributed by atoms with Crippen molar-refractivity contribution < 1.29 is 26.8 Å². The lowest BCUT2D eigenvalue weighted by atomic mass is 10.1. The van der Waals surface area contributed by atoms with Gasteiger partial charge in [-0.2, -0.15) is 17.9 Å². The zero-order valence-electron chi connectivity index (χ0n) is 18.5. The van der Waals surface area contributed by atoms with Crippen molar-refractivity contribution in [3.63, 3.8) is 0 Å². The zero-order chi connectivity index (χ0) is 24.7. The van der Waals surface area contributed by atoms with Gasteiger partial charge in [0.05, 0.1) is 12.1 Å². The van der Waals surface area contributed by atoms with Crippen LogP contribution in [0.2, 0.25) is 0 Å². The van der Waals surface area contributed by atoms with Crippen molar-refractivity contribution in [3.05, 3.63) is 92.1 Å². The number of ether oxygens (including phenoxy) is 1. The molecule has 1 aliphatic carbocycles. The van der Waals surface area contributed by atoms with E-state index in [0.717, 1.165) is 28.9 Å². The first kappa shape index (κ1) is 22.8. The first-order chi connectivity index (χ1) is 16.7. The number of aromatic amines is 1. The van der Waals surface area contributed by atoms with Gasteiger partial charge < -0.3 is 13.7 Å². The third-order valence-corrected chi connectivity index (χ3v) is 5.99. The second-order valence-electron chi connectivity index (χ2n) is 8.43. The Balaban J connectivity index is 1.18. The quantitative estimate of drug-likeness (QED) is 0.412. The topological polar surface area (TPSA) is 103 Å². The normalized spacial score (nSPS) is 17.5. The van der Waals surface area contributed by atoms with Crippen molar-refractivity contribution >= 4 is 0 Å². The molecule has 1 fully saturated rings. The van der Waals surface area contributed by atoms with Crippen LogP contribution in [0.25, 0.3) is 11.5 Å². The minimum Gasteiger partial charge on any atom is -0.487 e. The number of benzene rings is 2. The summed E-state index contributed by atoms with van der Waals surface area (Å²) < 4.78 is 55.6. The molecule has 1 aliphatic rings. The molecule has 0 bridgehead atoms. The molecule has 35 heavy (non-hydrogen) atoms. The monoisotopic (exact) mass is 487 g/mol. The number of hydrogen-bond acceptors (Lipinski definition) is 6. The predicted molar refractivity (Wildman–Crippen MR) is 117 cm³/mol. The van der Waals surface area contributed by atoms with Gasteiger partial charge in [-0.1, -0.05) is 12.1 Å². The molecule has 0 saturated heterocycles. The van der Waals surface area contributed by atoms with Crippen molar-refractivity contribution in [1.82, 2.24) is 14.7 Å². The molecule has 0 amide bonds. The molecule has 2 aromatic heterocycles. The summed E-state index contributed by atoms with van der Waals surface area (Å²) in [7, 11) is 0. The number of aromatic nitrogens is 3. The Morgan fingerprint density at radius 3 is 2.46 bits per heavy atom. The van der Waals surface area contributed by atoms with E-state index in [4.69, 9.17) is 13.7 Å². The van der Waals surface area contributed by atoms with Crippen LogP contribution in [0, 0.1) is 12.8 Å². The minimum atomic E-state index is -4.40. The Hall–Kier alpha value is -4.02. The van der Waals surface area contributed by atoms with Crippen LogP contribution in [-0.2, 0) is 19.3 Å². The molecule has 0 radical (unpaired) electrons. The van der Waals surface area contributed by atoms with Crippen molar-refractivity contribution in [2.24, 2.45) is 5.92 Å². The van der Waals surface area contributed by atoms with Crippen LogP contribution in [0.3, 0.4) is 0 Å². The summed E-state index contributed by atoms with van der Waals surface area (Å²) in [5.74, 6) is 1.08. The number of H-pyrrole nitrogens is 1. The highest BCUT2D eigenvalue weighted by Gasteiger charge is 2.39. The van der Waals surface area contributed by atoms with Crippen LogP contribution >= 0.6 is 0 Å². The van der Waals surface area contributed by atoms with Gasteiger partial charge in [-0.05, 0) is 67.1 Å². The Morgan fingerprint density at radius 1 is 1.11 bits per heavy atom. The number of oxazole rings is 1. The van der Waals surface area contributed by atoms with Crippen LogP contribution in [-0.4, -0.2) is 14.7 Å². The maximum atomic E-state index is 12.8. The summed E-state index contributed by atoms with van der Waals surface area (Å²) in [5, 5.41) is 0. The van der Waals surface area contributed by atoms with Gasteiger partial charge in [0.1, 0.15) is 23.8 Å². The molecule has 0 spiro atoms. The molecule has 8 nitrogen and oxygen atoms in total. The molecule has 4 aromatic rings. The average molecular weight is 487 g/mol. The average Bonchev–Trinajstić information content (AvgIpc) is 3.37. The molecule has 1 saturated carbocycles. The van der Waals surface area contributed by atoms with Gasteiger partial charge in [0.25, 0.3) is 0 Å². The van der Waals surface area contributed by atoms with E-state index in [1.165, 1.54) is 12.1 Å². The Labute approximate surface area is 195 Å². The predicted octanol–water partition coefficient (Wildman–Crippen LogP) is 4.49. The summed E-state index contributed by atoms with van der Waals surface area (Å²) in [6.07, 6.45) is -3.52. The fourth-order valence-electron chi connectivity index (χ4n) is 3.95. The number of rotatable bonds is 7. The molecular weight excluding hydrogens is 467 g/mol. The van der Waals surface area contributed by atoms with E-state index in [1.54, 1.807) is 6.92 Å². The lowest BCUT2D eigenvalue weighted by Crippen LogP contribution is -2.17. The van der Waals surface area contributed by atoms with Crippen molar-refractivity contribution in [2.75, 3.05) is 0 Å². The van der Waals surface area contributed by atoms with E-state index in [9.17, 15) is 22.8 Å². The molecule has 2 atom stereocenters. The highest BCUT2D eigenvalue weighted by Crippen LogP contribution is 2.48. The number of nitrogens with one attached hydrogen (secondary N) is 1. The van der Waals surface area contributed by atoms with E-state index in [0.29, 0.717) is 29.3 Å². The molecule has 2 aromatic carbocycles. The maximum Gasteiger partial charge on any atom is 0.440 e. The molecule has 2 unspecified atom stereocenters. The summed E-state index contributed by atoms with van der Waals surface area (Å²) in [6.45, 7) is 2.19. The van der Waals surface area contributed by atoms with Gasteiger partial charge in [-0.3, -0.25) is 0 Å². The fourth-order valence-corrected chi connectivity index (χ4v) is 3.95. The number of halogens is 3. The van der Waals surface area contributed by atoms with Crippen molar-refractivity contribution in [3.8, 4) is 17.2 Å². The smallest absolute Gasteiger partial charge is 0.440 e. The van der Waals surface area contributed by atoms with Gasteiger partial charge >= 0.3 is 17.6 Å². The Morgan fingerprint density at radius 2 is 1.83 bits per heavy atom. The largest absolute Gasteiger partial charge is 0.487 e. The molecule has 2 heterocycles. The lowest BCUT2D eigenvalue weighted by Gasteiger charge is -2.06. The van der Waals surface area contributed by atoms with Crippen LogP contribution in [0.15, 0.2) is 67.1 Å². The van der Waals surface area contributed by atoms with Crippen LogP contribution in [0.5, 0.6) is 5.75 Å². The number of alkyl halides is 3. The second kappa shape index (κ2) is 8.64. The standard InChI is InChI=1S/C24H20F3N3O5/c1-13-20(28-21(34-13)15-2-6-17(7-3-15)24(25,26)27)12-33-18-8-4-14(5-9-18)19-10-16(19)11-30-22(31)29-23(32)35-30/h2-9,16,19H,10-12H2,1H3,(H,29,31,32). The molecule has 5 rings (SSSR count). The van der Waals surface area contributed by atoms with Gasteiger partial charge in [0, 0.05) is 5.56 Å². The van der Waals surface area contributed by atoms with Crippen LogP contribution < -0.4 is 16.2 Å². The number of aryl methyl sites for hydroxylation is 1. The van der Waals surface area contributed by atoms with Crippen LogP contribution in [0.4, 0.5) is 13.2 Å². The summed E-state index contributed by atoms with van der Waals surface area (Å²) in [6, 6.07) is 12.2. The first-order valence-electron chi connectivity index (χ1n) is 10.8. The zero-order valence-corrected chi connectivity index (χ0v) is 18.5. The number of nitrogens with zero attached hydrogens (tertiary/aromatic N) is 2. The SMILES string of the molecule is Cc1oc(-c2ccc(C(F)(F)F)cc2)nc1COc1ccc(C2CC2Cn2oc(=O)[nH]c2=O)cc1. The minimum absolute atomic E-state index is 0.136. The highest BCUT2D eigenvalue weighted by atomic mass is 19.4. The van der Waals surface area contributed by atoms with E-state index in [2.05, 4.69) is 9.97 Å². The van der Waals surface area contributed by atoms with Gasteiger partial charge in [-0.25, -0.2) is 19.6 Å². The van der Waals surface area contributed by atoms with Gasteiger partial charge in [0.2, 0.25) is 5.89 Å². The number of hydrogen-bond donors (Lipinski definition) is 1. The summed E-state index contributed by atoms with van der Waals surface area (Å²) in [5.41, 5.74) is 0.796. The van der Waals surface area contributed by atoms with E-state index in [-0.39, 0.29) is 24.3 Å². The third kappa shape index (κ3) is 4.93. The van der Waals surface area contributed by atoms with E-state index in [1.807, 2.05) is 24.3 Å². The van der Waals surface area contributed by atoms with Gasteiger partial charge in [0.15, 0.2) is 0 Å². The summed E-state index contributed by atoms with van der Waals surface area (Å²) >= 11 is 0. The first-order valence-corrected chi connectivity index (χ1v) is 10.8. The highest BCUT2D eigenvalue weighted by molar-refractivity contribution is 5.54. The van der Waals surface area contributed by atoms with Crippen molar-refractivity contribution in [1.29, 1.82) is 0 Å². The fraction of sp³-hybridized carbons (Fsp3) is 0.292.